The number of alkyl halides is 2. The molecule has 0 bridgehead atoms. The van der Waals surface area contributed by atoms with Gasteiger partial charge in [-0.3, -0.25) is 19.6 Å². The average molecular weight is 329 g/mol. The molecule has 1 aromatic rings. The zero-order valence-corrected chi connectivity index (χ0v) is 12.7. The first-order valence-electron chi connectivity index (χ1n) is 7.51. The van der Waals surface area contributed by atoms with Crippen LogP contribution in [0.3, 0.4) is 0 Å². The summed E-state index contributed by atoms with van der Waals surface area (Å²) in [7, 11) is 0. The molecular formula is C14H21F2N5O2. The van der Waals surface area contributed by atoms with E-state index in [9.17, 15) is 18.4 Å². The van der Waals surface area contributed by atoms with Gasteiger partial charge in [0, 0.05) is 12.6 Å². The van der Waals surface area contributed by atoms with Gasteiger partial charge in [-0.05, 0) is 38.4 Å². The molecule has 1 aliphatic rings. The van der Waals surface area contributed by atoms with Crippen LogP contribution in [0.2, 0.25) is 0 Å². The number of halogens is 2. The molecule has 0 radical (unpaired) electrons. The van der Waals surface area contributed by atoms with Gasteiger partial charge in [0.2, 0.25) is 12.3 Å². The van der Waals surface area contributed by atoms with E-state index in [0.717, 1.165) is 0 Å². The van der Waals surface area contributed by atoms with Crippen LogP contribution in [-0.2, 0) is 15.1 Å². The van der Waals surface area contributed by atoms with Crippen LogP contribution in [0, 0.1) is 0 Å². The highest BCUT2D eigenvalue weighted by molar-refractivity contribution is 5.87. The summed E-state index contributed by atoms with van der Waals surface area (Å²) in [5.74, 6) is -3.40. The van der Waals surface area contributed by atoms with Crippen molar-refractivity contribution >= 4 is 12.3 Å². The monoisotopic (exact) mass is 329 g/mol. The number of aromatic amines is 1. The smallest absolute Gasteiger partial charge is 0.260 e. The Bertz CT molecular complexity index is 537. The van der Waals surface area contributed by atoms with Crippen LogP contribution in [0.15, 0.2) is 12.3 Å². The first-order chi connectivity index (χ1) is 10.9. The summed E-state index contributed by atoms with van der Waals surface area (Å²) in [5, 5.41) is 8.96. The molecule has 1 atom stereocenters. The Morgan fingerprint density at radius 1 is 1.61 bits per heavy atom. The highest BCUT2D eigenvalue weighted by Crippen LogP contribution is 2.28. The third-order valence-corrected chi connectivity index (χ3v) is 4.16. The molecule has 1 fully saturated rings. The quantitative estimate of drug-likeness (QED) is 0.599. The summed E-state index contributed by atoms with van der Waals surface area (Å²) in [6.07, 6.45) is 2.88. The third kappa shape index (κ3) is 4.04. The number of amides is 2. The number of carbonyl (C=O) groups is 2. The summed E-state index contributed by atoms with van der Waals surface area (Å²) >= 11 is 0. The number of rotatable bonds is 8. The molecule has 2 heterocycles. The van der Waals surface area contributed by atoms with Crippen molar-refractivity contribution in [2.75, 3.05) is 19.6 Å². The maximum absolute atomic E-state index is 13.4. The second-order valence-corrected chi connectivity index (χ2v) is 5.83. The minimum absolute atomic E-state index is 0.0886. The van der Waals surface area contributed by atoms with Gasteiger partial charge in [0.25, 0.3) is 5.92 Å². The molecule has 1 saturated heterocycles. The third-order valence-electron chi connectivity index (χ3n) is 4.16. The zero-order valence-electron chi connectivity index (χ0n) is 12.7. The second-order valence-electron chi connectivity index (χ2n) is 5.83. The Balaban J connectivity index is 2.01. The minimum atomic E-state index is -2.66. The molecule has 2 rings (SSSR count). The number of nitrogens with one attached hydrogen (secondary N) is 2. The highest BCUT2D eigenvalue weighted by Gasteiger charge is 2.40. The highest BCUT2D eigenvalue weighted by atomic mass is 19.3. The Morgan fingerprint density at radius 2 is 2.39 bits per heavy atom. The van der Waals surface area contributed by atoms with Gasteiger partial charge >= 0.3 is 0 Å². The molecule has 128 valence electrons. The van der Waals surface area contributed by atoms with E-state index >= 15 is 0 Å². The van der Waals surface area contributed by atoms with Crippen LogP contribution in [0.4, 0.5) is 8.78 Å². The number of hydrogen-bond donors (Lipinski definition) is 3. The number of nitrogens with two attached hydrogens (primary N) is 1. The number of hydrogen-bond acceptors (Lipinski definition) is 4. The number of nitrogens with zero attached hydrogens (tertiary/aromatic N) is 2. The van der Waals surface area contributed by atoms with Crippen LogP contribution in [0.5, 0.6) is 0 Å². The first kappa shape index (κ1) is 17.3. The van der Waals surface area contributed by atoms with Crippen molar-refractivity contribution in [3.63, 3.8) is 0 Å². The SMILES string of the molecule is NC(=O)C(CCCN1CCCC(F)(F)C1)(NC=O)c1cc[nH]n1. The van der Waals surface area contributed by atoms with Crippen molar-refractivity contribution < 1.29 is 18.4 Å². The average Bonchev–Trinajstić information content (AvgIpc) is 2.99. The van der Waals surface area contributed by atoms with E-state index in [4.69, 9.17) is 5.73 Å². The van der Waals surface area contributed by atoms with Gasteiger partial charge < -0.3 is 11.1 Å². The molecule has 1 aromatic heterocycles. The summed E-state index contributed by atoms with van der Waals surface area (Å²) in [6, 6.07) is 1.55. The lowest BCUT2D eigenvalue weighted by Crippen LogP contribution is -2.53. The van der Waals surface area contributed by atoms with Gasteiger partial charge in [0.05, 0.1) is 12.2 Å². The van der Waals surface area contributed by atoms with Crippen molar-refractivity contribution in [1.82, 2.24) is 20.4 Å². The summed E-state index contributed by atoms with van der Waals surface area (Å²) < 4.78 is 26.8. The van der Waals surface area contributed by atoms with E-state index in [-0.39, 0.29) is 19.4 Å². The molecule has 23 heavy (non-hydrogen) atoms. The fourth-order valence-electron chi connectivity index (χ4n) is 3.00. The number of H-pyrrole nitrogens is 1. The van der Waals surface area contributed by atoms with E-state index in [1.807, 2.05) is 0 Å². The molecular weight excluding hydrogens is 308 g/mol. The van der Waals surface area contributed by atoms with Crippen LogP contribution in [0.1, 0.15) is 31.4 Å². The number of likely N-dealkylation sites (tertiary alicyclic amines) is 1. The van der Waals surface area contributed by atoms with E-state index in [1.165, 1.54) is 6.20 Å². The van der Waals surface area contributed by atoms with Crippen LogP contribution in [0.25, 0.3) is 0 Å². The molecule has 0 aromatic carbocycles. The molecule has 4 N–H and O–H groups in total. The summed E-state index contributed by atoms with van der Waals surface area (Å²) in [6.45, 7) is 0.721. The molecule has 0 aliphatic carbocycles. The predicted molar refractivity (Wildman–Crippen MR) is 78.5 cm³/mol. The van der Waals surface area contributed by atoms with Gasteiger partial charge in [-0.15, -0.1) is 0 Å². The normalized spacial score (nSPS) is 20.6. The zero-order chi connectivity index (χ0) is 16.9. The molecule has 2 amide bonds. The number of piperidine rings is 1. The van der Waals surface area contributed by atoms with Gasteiger partial charge in [0.1, 0.15) is 0 Å². The lowest BCUT2D eigenvalue weighted by Gasteiger charge is -2.34. The molecule has 1 unspecified atom stereocenters. The lowest BCUT2D eigenvalue weighted by molar-refractivity contribution is -0.128. The molecule has 9 heteroatoms. The Labute approximate surface area is 132 Å². The number of carbonyl (C=O) groups excluding carboxylic acids is 2. The summed E-state index contributed by atoms with van der Waals surface area (Å²) in [5.41, 5.74) is 4.34. The van der Waals surface area contributed by atoms with E-state index < -0.39 is 17.4 Å². The molecule has 7 nitrogen and oxygen atoms in total. The fourth-order valence-corrected chi connectivity index (χ4v) is 3.00. The van der Waals surface area contributed by atoms with Crippen LogP contribution in [-0.4, -0.2) is 53.0 Å². The maximum atomic E-state index is 13.4. The Hall–Kier alpha value is -2.03. The van der Waals surface area contributed by atoms with Crippen molar-refractivity contribution in [2.45, 2.75) is 37.1 Å². The number of primary amides is 1. The van der Waals surface area contributed by atoms with Gasteiger partial charge in [0.15, 0.2) is 5.54 Å². The van der Waals surface area contributed by atoms with Crippen LogP contribution < -0.4 is 11.1 Å². The van der Waals surface area contributed by atoms with Gasteiger partial charge in [-0.1, -0.05) is 0 Å². The molecule has 0 spiro atoms. The molecule has 0 saturated carbocycles. The Kier molecular flexibility index (Phi) is 5.30. The van der Waals surface area contributed by atoms with Crippen LogP contribution >= 0.6 is 0 Å². The Morgan fingerprint density at radius 3 is 2.96 bits per heavy atom. The predicted octanol–water partition coefficient (Wildman–Crippen LogP) is 0.348. The first-order valence-corrected chi connectivity index (χ1v) is 7.51. The van der Waals surface area contributed by atoms with E-state index in [1.54, 1.807) is 11.0 Å². The van der Waals surface area contributed by atoms with Crippen molar-refractivity contribution in [2.24, 2.45) is 5.73 Å². The topological polar surface area (TPSA) is 104 Å². The van der Waals surface area contributed by atoms with Crippen molar-refractivity contribution in [1.29, 1.82) is 0 Å². The van der Waals surface area contributed by atoms with Crippen molar-refractivity contribution in [3.05, 3.63) is 18.0 Å². The van der Waals surface area contributed by atoms with Crippen molar-refractivity contribution in [3.8, 4) is 0 Å². The largest absolute Gasteiger partial charge is 0.367 e. The maximum Gasteiger partial charge on any atom is 0.260 e. The lowest BCUT2D eigenvalue weighted by atomic mass is 9.88. The summed E-state index contributed by atoms with van der Waals surface area (Å²) in [4.78, 5) is 24.5. The molecule has 1 aliphatic heterocycles. The number of aromatic nitrogens is 2. The standard InChI is InChI=1S/C14H21F2N5O2/c15-13(16)4-1-7-21(9-13)8-2-5-14(12(17)23,18-10-22)11-3-6-19-20-11/h3,6,10H,1-2,4-5,7-9H2,(H2,17,23)(H,18,22)(H,19,20). The van der Waals surface area contributed by atoms with E-state index in [2.05, 4.69) is 15.5 Å². The van der Waals surface area contributed by atoms with E-state index in [0.29, 0.717) is 38.0 Å². The van der Waals surface area contributed by atoms with Gasteiger partial charge in [-0.2, -0.15) is 5.10 Å². The van der Waals surface area contributed by atoms with Gasteiger partial charge in [-0.25, -0.2) is 8.78 Å². The fraction of sp³-hybridized carbons (Fsp3) is 0.643. The minimum Gasteiger partial charge on any atom is -0.367 e. The second kappa shape index (κ2) is 7.03.